The minimum absolute atomic E-state index is 0.0905. The van der Waals surface area contributed by atoms with Crippen molar-refractivity contribution in [1.82, 2.24) is 0 Å². The summed E-state index contributed by atoms with van der Waals surface area (Å²) in [5, 5.41) is 0. The highest BCUT2D eigenvalue weighted by molar-refractivity contribution is 5.86. The molecule has 1 nitrogen and oxygen atoms in total. The lowest BCUT2D eigenvalue weighted by Gasteiger charge is -2.22. The molecule has 0 spiro atoms. The van der Waals surface area contributed by atoms with E-state index in [1.807, 2.05) is 18.2 Å². The largest absolute Gasteiger partial charge is 0.299 e. The van der Waals surface area contributed by atoms with Gasteiger partial charge in [-0.3, -0.25) is 4.79 Å². The Bertz CT molecular complexity index is 329. The third-order valence-electron chi connectivity index (χ3n) is 3.50. The smallest absolute Gasteiger partial charge is 0.140 e. The Morgan fingerprint density at radius 1 is 1.18 bits per heavy atom. The van der Waals surface area contributed by atoms with E-state index in [1.165, 1.54) is 5.56 Å². The molecule has 0 saturated carbocycles. The Morgan fingerprint density at radius 3 is 2.35 bits per heavy atom. The van der Waals surface area contributed by atoms with Crippen molar-refractivity contribution in [2.24, 2.45) is 5.92 Å². The number of unbranched alkanes of at least 4 members (excludes halogenated alkanes) is 1. The van der Waals surface area contributed by atoms with Crippen LogP contribution in [0.4, 0.5) is 0 Å². The molecule has 0 bridgehead atoms. The van der Waals surface area contributed by atoms with Crippen LogP contribution in [0.25, 0.3) is 0 Å². The predicted octanol–water partition coefficient (Wildman–Crippen LogP) is 4.58. The molecule has 1 rings (SSSR count). The van der Waals surface area contributed by atoms with Crippen molar-refractivity contribution >= 4 is 5.78 Å². The van der Waals surface area contributed by atoms with Crippen LogP contribution in [0.1, 0.15) is 57.9 Å². The van der Waals surface area contributed by atoms with E-state index in [4.69, 9.17) is 0 Å². The maximum absolute atomic E-state index is 12.3. The average Bonchev–Trinajstić information content (AvgIpc) is 2.37. The van der Waals surface area contributed by atoms with Gasteiger partial charge in [-0.2, -0.15) is 0 Å². The molecule has 94 valence electrons. The molecule has 1 aromatic carbocycles. The van der Waals surface area contributed by atoms with Gasteiger partial charge in [-0.15, -0.1) is 0 Å². The normalized spacial score (nSPS) is 14.3. The van der Waals surface area contributed by atoms with Crippen molar-refractivity contribution in [3.8, 4) is 0 Å². The molecule has 0 aliphatic heterocycles. The molecule has 1 aromatic rings. The first kappa shape index (κ1) is 14.0. The Morgan fingerprint density at radius 2 is 1.82 bits per heavy atom. The molecule has 0 heterocycles. The maximum atomic E-state index is 12.3. The first-order chi connectivity index (χ1) is 8.20. The summed E-state index contributed by atoms with van der Waals surface area (Å²) in [5.41, 5.74) is 1.18. The third kappa shape index (κ3) is 3.99. The van der Waals surface area contributed by atoms with Gasteiger partial charge in [0.2, 0.25) is 0 Å². The van der Waals surface area contributed by atoms with Crippen LogP contribution in [-0.4, -0.2) is 5.78 Å². The molecule has 0 aromatic heterocycles. The van der Waals surface area contributed by atoms with E-state index < -0.39 is 0 Å². The lowest BCUT2D eigenvalue weighted by Crippen LogP contribution is -2.19. The van der Waals surface area contributed by atoms with E-state index in [-0.39, 0.29) is 5.92 Å². The van der Waals surface area contributed by atoms with E-state index in [9.17, 15) is 4.79 Å². The zero-order valence-electron chi connectivity index (χ0n) is 11.3. The Hall–Kier alpha value is -1.11. The van der Waals surface area contributed by atoms with Crippen LogP contribution in [-0.2, 0) is 4.79 Å². The second kappa shape index (κ2) is 7.26. The third-order valence-corrected chi connectivity index (χ3v) is 3.50. The molecule has 0 aliphatic rings. The summed E-state index contributed by atoms with van der Waals surface area (Å²) < 4.78 is 0. The van der Waals surface area contributed by atoms with Crippen molar-refractivity contribution in [2.75, 3.05) is 0 Å². The Kier molecular flexibility index (Phi) is 5.96. The molecule has 1 heteroatoms. The van der Waals surface area contributed by atoms with Crippen molar-refractivity contribution in [3.05, 3.63) is 35.9 Å². The van der Waals surface area contributed by atoms with Crippen LogP contribution in [0.5, 0.6) is 0 Å². The molecule has 0 amide bonds. The topological polar surface area (TPSA) is 17.1 Å². The molecule has 0 fully saturated rings. The first-order valence-electron chi connectivity index (χ1n) is 6.78. The lowest BCUT2D eigenvalue weighted by molar-refractivity contribution is -0.121. The summed E-state index contributed by atoms with van der Waals surface area (Å²) in [6, 6.07) is 10.2. The summed E-state index contributed by atoms with van der Waals surface area (Å²) in [6.07, 6.45) is 3.88. The van der Waals surface area contributed by atoms with E-state index in [0.717, 1.165) is 25.7 Å². The number of carbonyl (C=O) groups is 1. The maximum Gasteiger partial charge on any atom is 0.140 e. The van der Waals surface area contributed by atoms with Crippen molar-refractivity contribution in [2.45, 2.75) is 52.4 Å². The van der Waals surface area contributed by atoms with E-state index >= 15 is 0 Å². The van der Waals surface area contributed by atoms with Gasteiger partial charge in [-0.25, -0.2) is 0 Å². The molecule has 17 heavy (non-hydrogen) atoms. The van der Waals surface area contributed by atoms with Gasteiger partial charge in [-0.05, 0) is 17.9 Å². The molecular weight excluding hydrogens is 208 g/mol. The van der Waals surface area contributed by atoms with Crippen LogP contribution in [0, 0.1) is 5.92 Å². The number of carbonyl (C=O) groups excluding carboxylic acids is 1. The lowest BCUT2D eigenvalue weighted by atomic mass is 9.81. The quantitative estimate of drug-likeness (QED) is 0.672. The zero-order chi connectivity index (χ0) is 12.7. The van der Waals surface area contributed by atoms with Gasteiger partial charge in [0.05, 0.1) is 0 Å². The summed E-state index contributed by atoms with van der Waals surface area (Å²) in [5.74, 6) is 0.932. The molecule has 0 saturated heterocycles. The summed E-state index contributed by atoms with van der Waals surface area (Å²) in [7, 11) is 0. The van der Waals surface area contributed by atoms with Crippen LogP contribution in [0.2, 0.25) is 0 Å². The van der Waals surface area contributed by atoms with Crippen molar-refractivity contribution < 1.29 is 4.79 Å². The second-order valence-corrected chi connectivity index (χ2v) is 4.84. The van der Waals surface area contributed by atoms with Gasteiger partial charge >= 0.3 is 0 Å². The fourth-order valence-electron chi connectivity index (χ4n) is 2.23. The van der Waals surface area contributed by atoms with Gasteiger partial charge in [0.25, 0.3) is 0 Å². The summed E-state index contributed by atoms with van der Waals surface area (Å²) >= 11 is 0. The summed E-state index contributed by atoms with van der Waals surface area (Å²) in [4.78, 5) is 12.3. The molecule has 2 atom stereocenters. The van der Waals surface area contributed by atoms with Gasteiger partial charge in [0.1, 0.15) is 5.78 Å². The van der Waals surface area contributed by atoms with Crippen molar-refractivity contribution in [1.29, 1.82) is 0 Å². The van der Waals surface area contributed by atoms with Gasteiger partial charge < -0.3 is 0 Å². The number of hydrogen-bond acceptors (Lipinski definition) is 1. The van der Waals surface area contributed by atoms with Gasteiger partial charge in [-0.1, -0.05) is 63.9 Å². The Labute approximate surface area is 105 Å². The SMILES string of the molecule is CCCCC(=O)C(c1ccccc1)C(C)CC. The predicted molar refractivity (Wildman–Crippen MR) is 73.2 cm³/mol. The Balaban J connectivity index is 2.85. The van der Waals surface area contributed by atoms with Crippen LogP contribution in [0.3, 0.4) is 0 Å². The molecule has 2 unspecified atom stereocenters. The monoisotopic (exact) mass is 232 g/mol. The number of benzene rings is 1. The minimum Gasteiger partial charge on any atom is -0.299 e. The average molecular weight is 232 g/mol. The highest BCUT2D eigenvalue weighted by Crippen LogP contribution is 2.29. The minimum atomic E-state index is 0.0905. The van der Waals surface area contributed by atoms with Crippen molar-refractivity contribution in [3.63, 3.8) is 0 Å². The fraction of sp³-hybridized carbons (Fsp3) is 0.562. The van der Waals surface area contributed by atoms with Gasteiger partial charge in [0.15, 0.2) is 0 Å². The molecule has 0 aliphatic carbocycles. The molecule has 0 N–H and O–H groups in total. The number of ketones is 1. The fourth-order valence-corrected chi connectivity index (χ4v) is 2.23. The van der Waals surface area contributed by atoms with E-state index in [0.29, 0.717) is 11.7 Å². The second-order valence-electron chi connectivity index (χ2n) is 4.84. The molecular formula is C16H24O. The van der Waals surface area contributed by atoms with E-state index in [1.54, 1.807) is 0 Å². The van der Waals surface area contributed by atoms with Crippen LogP contribution in [0.15, 0.2) is 30.3 Å². The first-order valence-corrected chi connectivity index (χ1v) is 6.78. The highest BCUT2D eigenvalue weighted by Gasteiger charge is 2.24. The summed E-state index contributed by atoms with van der Waals surface area (Å²) in [6.45, 7) is 6.48. The molecule has 0 radical (unpaired) electrons. The van der Waals surface area contributed by atoms with Crippen LogP contribution < -0.4 is 0 Å². The zero-order valence-corrected chi connectivity index (χ0v) is 11.3. The van der Waals surface area contributed by atoms with Gasteiger partial charge in [0, 0.05) is 12.3 Å². The highest BCUT2D eigenvalue weighted by atomic mass is 16.1. The van der Waals surface area contributed by atoms with E-state index in [2.05, 4.69) is 32.9 Å². The van der Waals surface area contributed by atoms with Crippen LogP contribution >= 0.6 is 0 Å². The number of Topliss-reactive ketones (excluding diaryl/α,β-unsaturated/α-hetero) is 1. The number of rotatable bonds is 7. The number of hydrogen-bond donors (Lipinski definition) is 0. The standard InChI is InChI=1S/C16H24O/c1-4-6-12-15(17)16(13(3)5-2)14-10-8-7-9-11-14/h7-11,13,16H,4-6,12H2,1-3H3.